The van der Waals surface area contributed by atoms with Crippen molar-refractivity contribution in [3.63, 3.8) is 0 Å². The molecule has 0 aromatic heterocycles. The highest BCUT2D eigenvalue weighted by Gasteiger charge is 2.55. The molecular weight excluding hydrogens is 353 g/mol. The van der Waals surface area contributed by atoms with Gasteiger partial charge in [0, 0.05) is 26.2 Å². The molecule has 0 radical (unpaired) electrons. The van der Waals surface area contributed by atoms with Crippen molar-refractivity contribution in [3.05, 3.63) is 35.6 Å². The lowest BCUT2D eigenvalue weighted by atomic mass is 9.49. The number of carbonyl (C=O) groups excluding carboxylic acids is 1. The van der Waals surface area contributed by atoms with Gasteiger partial charge in [0.15, 0.2) is 0 Å². The fourth-order valence-corrected chi connectivity index (χ4v) is 6.90. The molecule has 1 aliphatic heterocycles. The Balaban J connectivity index is 1.25. The van der Waals surface area contributed by atoms with E-state index in [2.05, 4.69) is 15.9 Å². The Bertz CT molecular complexity index is 756. The molecule has 1 amide bonds. The Labute approximate surface area is 166 Å². The van der Waals surface area contributed by atoms with Crippen molar-refractivity contribution in [1.82, 2.24) is 9.80 Å². The first kappa shape index (κ1) is 18.1. The van der Waals surface area contributed by atoms with E-state index in [9.17, 15) is 14.4 Å². The minimum absolute atomic E-state index is 0.0808. The van der Waals surface area contributed by atoms with Crippen molar-refractivity contribution < 1.29 is 9.18 Å². The van der Waals surface area contributed by atoms with E-state index < -0.39 is 0 Å². The van der Waals surface area contributed by atoms with Gasteiger partial charge in [-0.3, -0.25) is 9.69 Å². The molecule has 0 spiro atoms. The van der Waals surface area contributed by atoms with Crippen LogP contribution in [0, 0.1) is 40.3 Å². The molecule has 28 heavy (non-hydrogen) atoms. The fraction of sp³-hybridized carbons (Fsp3) is 0.652. The summed E-state index contributed by atoms with van der Waals surface area (Å²) in [5, 5.41) is 9.66. The standard InChI is InChI=1S/C23H28FN3O/c24-20-3-1-19(2-4-20)21(15-25)26-5-7-27(8-6-26)22(28)23-12-16-9-17(13-23)11-18(10-16)14-23/h1-4,16-18,21H,5-14H2/t16?,17?,18?,21-,23?/m0/s1. The predicted octanol–water partition coefficient (Wildman–Crippen LogP) is 3.75. The van der Waals surface area contributed by atoms with E-state index in [1.165, 1.54) is 31.4 Å². The fourth-order valence-electron chi connectivity index (χ4n) is 6.90. The molecule has 1 aromatic rings. The van der Waals surface area contributed by atoms with Gasteiger partial charge < -0.3 is 4.90 Å². The van der Waals surface area contributed by atoms with Gasteiger partial charge in [0.2, 0.25) is 5.91 Å². The van der Waals surface area contributed by atoms with Crippen LogP contribution < -0.4 is 0 Å². The number of carbonyl (C=O) groups is 1. The van der Waals surface area contributed by atoms with Crippen LogP contribution in [-0.2, 0) is 4.79 Å². The predicted molar refractivity (Wildman–Crippen MR) is 104 cm³/mol. The SMILES string of the molecule is N#C[C@@H](c1ccc(F)cc1)N1CCN(C(=O)C23CC4CC(CC(C4)C2)C3)CC1. The molecule has 148 valence electrons. The average Bonchev–Trinajstić information content (AvgIpc) is 2.69. The molecule has 1 atom stereocenters. The maximum Gasteiger partial charge on any atom is 0.228 e. The first-order chi connectivity index (χ1) is 13.6. The summed E-state index contributed by atoms with van der Waals surface area (Å²) in [5.74, 6) is 2.43. The Morgan fingerprint density at radius 3 is 2.04 bits per heavy atom. The van der Waals surface area contributed by atoms with Crippen LogP contribution in [0.1, 0.15) is 50.1 Å². The van der Waals surface area contributed by atoms with Gasteiger partial charge in [-0.15, -0.1) is 0 Å². The van der Waals surface area contributed by atoms with E-state index in [0.717, 1.165) is 42.6 Å². The summed E-state index contributed by atoms with van der Waals surface area (Å²) < 4.78 is 13.2. The molecule has 4 nitrogen and oxygen atoms in total. The molecule has 1 heterocycles. The molecule has 1 saturated heterocycles. The number of nitriles is 1. The molecule has 5 fully saturated rings. The number of hydrogen-bond donors (Lipinski definition) is 0. The van der Waals surface area contributed by atoms with Gasteiger partial charge in [-0.05, 0) is 74.0 Å². The normalized spacial score (nSPS) is 35.6. The van der Waals surface area contributed by atoms with Gasteiger partial charge in [0.25, 0.3) is 0 Å². The van der Waals surface area contributed by atoms with Crippen LogP contribution in [0.15, 0.2) is 24.3 Å². The first-order valence-electron chi connectivity index (χ1n) is 10.7. The molecule has 5 aliphatic rings. The second-order valence-corrected chi connectivity index (χ2v) is 9.61. The summed E-state index contributed by atoms with van der Waals surface area (Å²) >= 11 is 0. The smallest absolute Gasteiger partial charge is 0.228 e. The monoisotopic (exact) mass is 381 g/mol. The summed E-state index contributed by atoms with van der Waals surface area (Å²) in [6.45, 7) is 2.79. The Morgan fingerprint density at radius 1 is 1.00 bits per heavy atom. The van der Waals surface area contributed by atoms with E-state index in [-0.39, 0.29) is 17.3 Å². The average molecular weight is 381 g/mol. The lowest BCUT2D eigenvalue weighted by Crippen LogP contribution is -2.58. The molecule has 0 unspecified atom stereocenters. The molecule has 1 aromatic carbocycles. The highest BCUT2D eigenvalue weighted by atomic mass is 19.1. The highest BCUT2D eigenvalue weighted by molar-refractivity contribution is 5.83. The molecule has 6 rings (SSSR count). The number of halogens is 1. The highest BCUT2D eigenvalue weighted by Crippen LogP contribution is 2.60. The van der Waals surface area contributed by atoms with Crippen LogP contribution in [0.5, 0.6) is 0 Å². The second kappa shape index (κ2) is 6.84. The summed E-state index contributed by atoms with van der Waals surface area (Å²) in [5.41, 5.74) is 0.743. The zero-order valence-electron chi connectivity index (χ0n) is 16.3. The van der Waals surface area contributed by atoms with Crippen LogP contribution in [-0.4, -0.2) is 41.9 Å². The van der Waals surface area contributed by atoms with E-state index in [0.29, 0.717) is 32.1 Å². The quantitative estimate of drug-likeness (QED) is 0.801. The summed E-state index contributed by atoms with van der Waals surface area (Å²) in [7, 11) is 0. The van der Waals surface area contributed by atoms with Crippen LogP contribution in [0.3, 0.4) is 0 Å². The summed E-state index contributed by atoms with van der Waals surface area (Å²) in [6.07, 6.45) is 7.36. The summed E-state index contributed by atoms with van der Waals surface area (Å²) in [4.78, 5) is 17.7. The van der Waals surface area contributed by atoms with Crippen molar-refractivity contribution in [2.75, 3.05) is 26.2 Å². The van der Waals surface area contributed by atoms with Gasteiger partial charge in [-0.1, -0.05) is 12.1 Å². The van der Waals surface area contributed by atoms with Gasteiger partial charge in [0.1, 0.15) is 11.9 Å². The third kappa shape index (κ3) is 3.03. The minimum atomic E-state index is -0.377. The Morgan fingerprint density at radius 2 is 1.54 bits per heavy atom. The van der Waals surface area contributed by atoms with E-state index in [4.69, 9.17) is 0 Å². The molecular formula is C23H28FN3O. The second-order valence-electron chi connectivity index (χ2n) is 9.61. The van der Waals surface area contributed by atoms with Crippen molar-refractivity contribution in [1.29, 1.82) is 5.26 Å². The number of nitrogens with zero attached hydrogens (tertiary/aromatic N) is 3. The maximum absolute atomic E-state index is 13.5. The van der Waals surface area contributed by atoms with Crippen molar-refractivity contribution in [2.45, 2.75) is 44.6 Å². The Hall–Kier alpha value is -1.93. The zero-order chi connectivity index (χ0) is 19.3. The number of hydrogen-bond acceptors (Lipinski definition) is 3. The molecule has 0 N–H and O–H groups in total. The van der Waals surface area contributed by atoms with Crippen molar-refractivity contribution in [3.8, 4) is 6.07 Å². The molecule has 4 bridgehead atoms. The van der Waals surface area contributed by atoms with Gasteiger partial charge in [-0.25, -0.2) is 4.39 Å². The molecule has 4 aliphatic carbocycles. The van der Waals surface area contributed by atoms with Gasteiger partial charge in [0.05, 0.1) is 11.5 Å². The number of piperazine rings is 1. The Kier molecular flexibility index (Phi) is 4.43. The largest absolute Gasteiger partial charge is 0.340 e. The number of rotatable bonds is 3. The van der Waals surface area contributed by atoms with Gasteiger partial charge in [-0.2, -0.15) is 5.26 Å². The van der Waals surface area contributed by atoms with E-state index in [1.54, 1.807) is 12.1 Å². The maximum atomic E-state index is 13.5. The minimum Gasteiger partial charge on any atom is -0.340 e. The zero-order valence-corrected chi connectivity index (χ0v) is 16.3. The topological polar surface area (TPSA) is 47.3 Å². The lowest BCUT2D eigenvalue weighted by Gasteiger charge is -2.57. The third-order valence-electron chi connectivity index (χ3n) is 7.77. The van der Waals surface area contributed by atoms with Crippen molar-refractivity contribution in [2.24, 2.45) is 23.2 Å². The van der Waals surface area contributed by atoms with Crippen LogP contribution in [0.25, 0.3) is 0 Å². The molecule has 4 saturated carbocycles. The van der Waals surface area contributed by atoms with E-state index >= 15 is 0 Å². The first-order valence-corrected chi connectivity index (χ1v) is 10.7. The molecule has 5 heteroatoms. The number of benzene rings is 1. The lowest BCUT2D eigenvalue weighted by molar-refractivity contribution is -0.159. The van der Waals surface area contributed by atoms with Crippen LogP contribution in [0.4, 0.5) is 4.39 Å². The third-order valence-corrected chi connectivity index (χ3v) is 7.77. The van der Waals surface area contributed by atoms with Crippen LogP contribution in [0.2, 0.25) is 0 Å². The number of amides is 1. The van der Waals surface area contributed by atoms with E-state index in [1.807, 2.05) is 0 Å². The summed E-state index contributed by atoms with van der Waals surface area (Å²) in [6, 6.07) is 8.18. The van der Waals surface area contributed by atoms with Crippen molar-refractivity contribution >= 4 is 5.91 Å². The van der Waals surface area contributed by atoms with Crippen LogP contribution >= 0.6 is 0 Å². The van der Waals surface area contributed by atoms with Gasteiger partial charge >= 0.3 is 0 Å².